The molecule has 2 aromatic heterocycles. The molecule has 3 nitrogen and oxygen atoms in total. The van der Waals surface area contributed by atoms with Crippen LogP contribution in [0.1, 0.15) is 15.9 Å². The fourth-order valence-electron chi connectivity index (χ4n) is 1.92. The average Bonchev–Trinajstić information content (AvgIpc) is 3.11. The maximum absolute atomic E-state index is 12.1. The Bertz CT molecular complexity index is 634. The molecule has 0 spiro atoms. The van der Waals surface area contributed by atoms with Gasteiger partial charge in [0.2, 0.25) is 0 Å². The number of hydrogen-bond acceptors (Lipinski definition) is 1. The topological polar surface area (TPSA) is 37.8 Å². The summed E-state index contributed by atoms with van der Waals surface area (Å²) in [5.41, 5.74) is 2.43. The van der Waals surface area contributed by atoms with Gasteiger partial charge in [-0.25, -0.2) is 0 Å². The lowest BCUT2D eigenvalue weighted by molar-refractivity contribution is 0.103. The van der Waals surface area contributed by atoms with Crippen LogP contribution in [-0.4, -0.2) is 15.3 Å². The Morgan fingerprint density at radius 2 is 1.67 bits per heavy atom. The van der Waals surface area contributed by atoms with Crippen molar-refractivity contribution >= 4 is 5.78 Å². The SMILES string of the molecule is O=C(c1ccc(-n2cccc2)cc1)c1cc[nH]c1. The van der Waals surface area contributed by atoms with Crippen LogP contribution in [-0.2, 0) is 0 Å². The first-order chi connectivity index (χ1) is 8.84. The van der Waals surface area contributed by atoms with Crippen LogP contribution in [0.3, 0.4) is 0 Å². The lowest BCUT2D eigenvalue weighted by atomic mass is 10.1. The molecule has 1 N–H and O–H groups in total. The van der Waals surface area contributed by atoms with Gasteiger partial charge in [-0.05, 0) is 42.5 Å². The summed E-state index contributed by atoms with van der Waals surface area (Å²) >= 11 is 0. The fraction of sp³-hybridized carbons (Fsp3) is 0. The second-order valence-corrected chi connectivity index (χ2v) is 4.07. The molecule has 0 bridgehead atoms. The third-order valence-corrected chi connectivity index (χ3v) is 2.89. The van der Waals surface area contributed by atoms with E-state index in [1.54, 1.807) is 18.5 Å². The quantitative estimate of drug-likeness (QED) is 0.697. The van der Waals surface area contributed by atoms with Gasteiger partial charge in [0, 0.05) is 41.6 Å². The van der Waals surface area contributed by atoms with Crippen molar-refractivity contribution in [1.29, 1.82) is 0 Å². The minimum atomic E-state index is 0.0373. The van der Waals surface area contributed by atoms with Gasteiger partial charge in [-0.3, -0.25) is 4.79 Å². The molecule has 0 saturated heterocycles. The van der Waals surface area contributed by atoms with Crippen molar-refractivity contribution in [2.75, 3.05) is 0 Å². The molecular weight excluding hydrogens is 224 g/mol. The summed E-state index contributed by atoms with van der Waals surface area (Å²) in [6.07, 6.45) is 7.41. The van der Waals surface area contributed by atoms with Crippen molar-refractivity contribution in [3.05, 3.63) is 78.4 Å². The lowest BCUT2D eigenvalue weighted by Crippen LogP contribution is -2.00. The highest BCUT2D eigenvalue weighted by molar-refractivity contribution is 6.08. The maximum atomic E-state index is 12.1. The number of rotatable bonds is 3. The number of nitrogens with one attached hydrogen (secondary N) is 1. The standard InChI is InChI=1S/C15H12N2O/c18-15(13-7-8-16-11-13)12-3-5-14(6-4-12)17-9-1-2-10-17/h1-11,16H. The van der Waals surface area contributed by atoms with Gasteiger partial charge in [-0.15, -0.1) is 0 Å². The Kier molecular flexibility index (Phi) is 2.57. The van der Waals surface area contributed by atoms with E-state index in [1.165, 1.54) is 0 Å². The van der Waals surface area contributed by atoms with Gasteiger partial charge >= 0.3 is 0 Å². The zero-order valence-corrected chi connectivity index (χ0v) is 9.71. The molecule has 0 radical (unpaired) electrons. The van der Waals surface area contributed by atoms with E-state index in [-0.39, 0.29) is 5.78 Å². The molecule has 88 valence electrons. The van der Waals surface area contributed by atoms with Crippen molar-refractivity contribution in [1.82, 2.24) is 9.55 Å². The van der Waals surface area contributed by atoms with Gasteiger partial charge in [-0.1, -0.05) is 0 Å². The van der Waals surface area contributed by atoms with Crippen LogP contribution in [0, 0.1) is 0 Å². The molecule has 0 aliphatic heterocycles. The van der Waals surface area contributed by atoms with Crippen molar-refractivity contribution in [2.24, 2.45) is 0 Å². The van der Waals surface area contributed by atoms with E-state index in [0.29, 0.717) is 11.1 Å². The first-order valence-corrected chi connectivity index (χ1v) is 5.75. The van der Waals surface area contributed by atoms with Crippen molar-refractivity contribution in [3.8, 4) is 5.69 Å². The number of nitrogens with zero attached hydrogens (tertiary/aromatic N) is 1. The fourth-order valence-corrected chi connectivity index (χ4v) is 1.92. The molecule has 0 fully saturated rings. The summed E-state index contributed by atoms with van der Waals surface area (Å²) in [6.45, 7) is 0. The number of aromatic amines is 1. The van der Waals surface area contributed by atoms with E-state index in [9.17, 15) is 4.79 Å². The molecule has 0 unspecified atom stereocenters. The molecule has 18 heavy (non-hydrogen) atoms. The average molecular weight is 236 g/mol. The normalized spacial score (nSPS) is 10.4. The Hall–Kier alpha value is -2.55. The molecule has 3 aromatic rings. The Balaban J connectivity index is 1.90. The second-order valence-electron chi connectivity index (χ2n) is 4.07. The maximum Gasteiger partial charge on any atom is 0.194 e. The van der Waals surface area contributed by atoms with Crippen molar-refractivity contribution < 1.29 is 4.79 Å². The third-order valence-electron chi connectivity index (χ3n) is 2.89. The van der Waals surface area contributed by atoms with Gasteiger partial charge in [-0.2, -0.15) is 0 Å². The second kappa shape index (κ2) is 4.37. The van der Waals surface area contributed by atoms with Crippen molar-refractivity contribution in [2.45, 2.75) is 0 Å². The zero-order chi connectivity index (χ0) is 12.4. The number of aromatic nitrogens is 2. The molecule has 0 amide bonds. The summed E-state index contributed by atoms with van der Waals surface area (Å²) in [5, 5.41) is 0. The number of benzene rings is 1. The van der Waals surface area contributed by atoms with Crippen LogP contribution in [0.15, 0.2) is 67.3 Å². The summed E-state index contributed by atoms with van der Waals surface area (Å²) in [6, 6.07) is 13.3. The van der Waals surface area contributed by atoms with Gasteiger partial charge in [0.1, 0.15) is 0 Å². The lowest BCUT2D eigenvalue weighted by Gasteiger charge is -2.04. The third kappa shape index (κ3) is 1.86. The first kappa shape index (κ1) is 10.6. The Morgan fingerprint density at radius 1 is 0.944 bits per heavy atom. The van der Waals surface area contributed by atoms with E-state index >= 15 is 0 Å². The van der Waals surface area contributed by atoms with Crippen molar-refractivity contribution in [3.63, 3.8) is 0 Å². The number of hydrogen-bond donors (Lipinski definition) is 1. The van der Waals surface area contributed by atoms with E-state index in [1.807, 2.05) is 53.4 Å². The van der Waals surface area contributed by atoms with Crippen LogP contribution < -0.4 is 0 Å². The van der Waals surface area contributed by atoms with E-state index in [4.69, 9.17) is 0 Å². The van der Waals surface area contributed by atoms with Gasteiger partial charge in [0.15, 0.2) is 5.78 Å². The minimum absolute atomic E-state index is 0.0373. The predicted octanol–water partition coefficient (Wildman–Crippen LogP) is 3.04. The number of carbonyl (C=O) groups is 1. The molecule has 0 aliphatic rings. The number of H-pyrrole nitrogens is 1. The van der Waals surface area contributed by atoms with Gasteiger partial charge < -0.3 is 9.55 Å². The van der Waals surface area contributed by atoms with E-state index in [2.05, 4.69) is 4.98 Å². The zero-order valence-electron chi connectivity index (χ0n) is 9.71. The molecule has 0 aliphatic carbocycles. The smallest absolute Gasteiger partial charge is 0.194 e. The molecule has 0 atom stereocenters. The van der Waals surface area contributed by atoms with Gasteiger partial charge in [0.05, 0.1) is 0 Å². The first-order valence-electron chi connectivity index (χ1n) is 5.75. The van der Waals surface area contributed by atoms with Crippen LogP contribution >= 0.6 is 0 Å². The highest BCUT2D eigenvalue weighted by Crippen LogP contribution is 2.13. The van der Waals surface area contributed by atoms with Crippen LogP contribution in [0.2, 0.25) is 0 Å². The molecule has 3 rings (SSSR count). The van der Waals surface area contributed by atoms with E-state index < -0.39 is 0 Å². The minimum Gasteiger partial charge on any atom is -0.367 e. The molecule has 3 heteroatoms. The van der Waals surface area contributed by atoms with Crippen LogP contribution in [0.25, 0.3) is 5.69 Å². The molecule has 2 heterocycles. The summed E-state index contributed by atoms with van der Waals surface area (Å²) < 4.78 is 2.00. The Labute approximate surface area is 105 Å². The van der Waals surface area contributed by atoms with Crippen LogP contribution in [0.4, 0.5) is 0 Å². The van der Waals surface area contributed by atoms with E-state index in [0.717, 1.165) is 5.69 Å². The summed E-state index contributed by atoms with van der Waals surface area (Å²) in [4.78, 5) is 15.0. The van der Waals surface area contributed by atoms with Crippen LogP contribution in [0.5, 0.6) is 0 Å². The highest BCUT2D eigenvalue weighted by atomic mass is 16.1. The summed E-state index contributed by atoms with van der Waals surface area (Å²) in [7, 11) is 0. The number of carbonyl (C=O) groups excluding carboxylic acids is 1. The molecular formula is C15H12N2O. The molecule has 0 saturated carbocycles. The summed E-state index contributed by atoms with van der Waals surface area (Å²) in [5.74, 6) is 0.0373. The largest absolute Gasteiger partial charge is 0.367 e. The number of ketones is 1. The molecule has 1 aromatic carbocycles. The monoisotopic (exact) mass is 236 g/mol. The Morgan fingerprint density at radius 3 is 2.28 bits per heavy atom. The predicted molar refractivity (Wildman–Crippen MR) is 70.0 cm³/mol. The highest BCUT2D eigenvalue weighted by Gasteiger charge is 2.08. The van der Waals surface area contributed by atoms with Gasteiger partial charge in [0.25, 0.3) is 0 Å².